The zero-order chi connectivity index (χ0) is 26.0. The van der Waals surface area contributed by atoms with Crippen LogP contribution >= 0.6 is 0 Å². The maximum atomic E-state index is 11.7. The molecular formula is C31H45N3O. The number of rotatable bonds is 6. The minimum absolute atomic E-state index is 0.00709. The SMILES string of the molecule is C=C(/C=C/C1=C/C/C=C(C(C)CC)\C=C/CN1C(C)(C)C)Nc1ccc2c(c1)NC(=O)CC2.CC. The molecule has 0 fully saturated rings. The number of hydrogen-bond donors (Lipinski definition) is 2. The Morgan fingerprint density at radius 3 is 2.66 bits per heavy atom. The number of carbonyl (C=O) groups excluding carboxylic acids is 1. The summed E-state index contributed by atoms with van der Waals surface area (Å²) in [5, 5.41) is 6.33. The molecule has 4 heteroatoms. The van der Waals surface area contributed by atoms with Crippen molar-refractivity contribution >= 4 is 17.3 Å². The van der Waals surface area contributed by atoms with Gasteiger partial charge in [-0.2, -0.15) is 0 Å². The first-order valence-corrected chi connectivity index (χ1v) is 13.1. The molecular weight excluding hydrogens is 430 g/mol. The summed E-state index contributed by atoms with van der Waals surface area (Å²) in [6.45, 7) is 20.3. The van der Waals surface area contributed by atoms with Crippen LogP contribution in [0.25, 0.3) is 0 Å². The van der Waals surface area contributed by atoms with Gasteiger partial charge in [-0.15, -0.1) is 0 Å². The first kappa shape index (κ1) is 28.2. The van der Waals surface area contributed by atoms with E-state index in [0.29, 0.717) is 12.3 Å². The van der Waals surface area contributed by atoms with E-state index in [4.69, 9.17) is 0 Å². The number of allylic oxidation sites excluding steroid dienone is 6. The van der Waals surface area contributed by atoms with Gasteiger partial charge in [-0.25, -0.2) is 0 Å². The van der Waals surface area contributed by atoms with Crippen LogP contribution in [0.1, 0.15) is 73.3 Å². The molecule has 1 amide bonds. The van der Waals surface area contributed by atoms with Crippen molar-refractivity contribution in [3.8, 4) is 0 Å². The Morgan fingerprint density at radius 2 is 1.97 bits per heavy atom. The molecule has 2 aliphatic rings. The Kier molecular flexibility index (Phi) is 10.6. The predicted octanol–water partition coefficient (Wildman–Crippen LogP) is 8.00. The first-order valence-electron chi connectivity index (χ1n) is 13.1. The van der Waals surface area contributed by atoms with E-state index in [1.165, 1.54) is 16.8 Å². The molecule has 4 nitrogen and oxygen atoms in total. The van der Waals surface area contributed by atoms with Gasteiger partial charge in [0.05, 0.1) is 0 Å². The topological polar surface area (TPSA) is 44.4 Å². The van der Waals surface area contributed by atoms with E-state index >= 15 is 0 Å². The number of anilines is 2. The second-order valence-corrected chi connectivity index (χ2v) is 9.97. The van der Waals surface area contributed by atoms with Crippen LogP contribution in [0.2, 0.25) is 0 Å². The number of nitrogens with one attached hydrogen (secondary N) is 2. The molecule has 0 spiro atoms. The minimum atomic E-state index is -0.00709. The summed E-state index contributed by atoms with van der Waals surface area (Å²) in [5.41, 5.74) is 6.39. The van der Waals surface area contributed by atoms with Crippen molar-refractivity contribution in [2.75, 3.05) is 17.2 Å². The van der Waals surface area contributed by atoms with E-state index in [-0.39, 0.29) is 11.4 Å². The molecule has 2 N–H and O–H groups in total. The number of benzene rings is 1. The van der Waals surface area contributed by atoms with Gasteiger partial charge in [0.1, 0.15) is 0 Å². The van der Waals surface area contributed by atoms with Crippen LogP contribution in [0.5, 0.6) is 0 Å². The van der Waals surface area contributed by atoms with Crippen LogP contribution in [-0.2, 0) is 11.2 Å². The normalized spacial score (nSPS) is 20.9. The Labute approximate surface area is 213 Å². The van der Waals surface area contributed by atoms with Gasteiger partial charge < -0.3 is 15.5 Å². The fraction of sp³-hybridized carbons (Fsp3) is 0.452. The molecule has 2 aliphatic heterocycles. The number of carbonyl (C=O) groups is 1. The summed E-state index contributed by atoms with van der Waals surface area (Å²) in [4.78, 5) is 14.1. The van der Waals surface area contributed by atoms with Gasteiger partial charge >= 0.3 is 0 Å². The average molecular weight is 476 g/mol. The molecule has 190 valence electrons. The largest absolute Gasteiger partial charge is 0.363 e. The Bertz CT molecular complexity index is 1000. The second-order valence-electron chi connectivity index (χ2n) is 9.97. The quantitative estimate of drug-likeness (QED) is 0.410. The lowest BCUT2D eigenvalue weighted by Gasteiger charge is -2.38. The number of nitrogens with zero attached hydrogens (tertiary/aromatic N) is 1. The van der Waals surface area contributed by atoms with Gasteiger partial charge in [-0.05, 0) is 81.4 Å². The highest BCUT2D eigenvalue weighted by atomic mass is 16.1. The van der Waals surface area contributed by atoms with Gasteiger partial charge in [-0.1, -0.05) is 64.6 Å². The minimum Gasteiger partial charge on any atom is -0.363 e. The third-order valence-electron chi connectivity index (χ3n) is 6.35. The van der Waals surface area contributed by atoms with Crippen LogP contribution in [-0.4, -0.2) is 22.9 Å². The highest BCUT2D eigenvalue weighted by Crippen LogP contribution is 2.27. The fourth-order valence-electron chi connectivity index (χ4n) is 4.18. The molecule has 0 aromatic heterocycles. The summed E-state index contributed by atoms with van der Waals surface area (Å²) in [7, 11) is 0. The zero-order valence-electron chi connectivity index (χ0n) is 22.9. The summed E-state index contributed by atoms with van der Waals surface area (Å²) in [5.74, 6) is 0.646. The van der Waals surface area contributed by atoms with Gasteiger partial charge in [0.2, 0.25) is 5.91 Å². The molecule has 0 bridgehead atoms. The van der Waals surface area contributed by atoms with Crippen LogP contribution in [0.3, 0.4) is 0 Å². The molecule has 35 heavy (non-hydrogen) atoms. The highest BCUT2D eigenvalue weighted by Gasteiger charge is 2.22. The summed E-state index contributed by atoms with van der Waals surface area (Å²) >= 11 is 0. The molecule has 1 atom stereocenters. The summed E-state index contributed by atoms with van der Waals surface area (Å²) < 4.78 is 0. The number of amides is 1. The molecule has 1 unspecified atom stereocenters. The van der Waals surface area contributed by atoms with E-state index < -0.39 is 0 Å². The van der Waals surface area contributed by atoms with E-state index in [1.54, 1.807) is 0 Å². The lowest BCUT2D eigenvalue weighted by atomic mass is 9.97. The molecule has 0 aliphatic carbocycles. The fourth-order valence-corrected chi connectivity index (χ4v) is 4.18. The standard InChI is InChI=1S/C29H39N3O.C2H6/c1-7-21(2)23-10-8-12-26(32(19-9-11-23)29(4,5)6)17-13-22(3)30-25-16-14-24-15-18-28(33)31-27(24)20-25;1-2/h9-14,16-17,20-21,30H,3,7-8,15,18-19H2,1-2,4-6H3,(H,31,33);1-2H3/b11-9-,17-13+,23-10+,26-12-;. The monoisotopic (exact) mass is 475 g/mol. The van der Waals surface area contributed by atoms with Crippen LogP contribution in [0.15, 0.2) is 78.2 Å². The van der Waals surface area contributed by atoms with Gasteiger partial charge in [-0.3, -0.25) is 4.79 Å². The van der Waals surface area contributed by atoms with Crippen molar-refractivity contribution in [3.05, 3.63) is 83.8 Å². The highest BCUT2D eigenvalue weighted by molar-refractivity contribution is 5.94. The molecule has 1 aromatic carbocycles. The van der Waals surface area contributed by atoms with Crippen molar-refractivity contribution < 1.29 is 4.79 Å². The third kappa shape index (κ3) is 8.31. The van der Waals surface area contributed by atoms with Crippen LogP contribution < -0.4 is 10.6 Å². The molecule has 0 saturated heterocycles. The van der Waals surface area contributed by atoms with Crippen molar-refractivity contribution in [1.82, 2.24) is 4.90 Å². The van der Waals surface area contributed by atoms with Gasteiger partial charge in [0, 0.05) is 41.3 Å². The second kappa shape index (κ2) is 13.2. The maximum absolute atomic E-state index is 11.7. The van der Waals surface area contributed by atoms with Crippen LogP contribution in [0, 0.1) is 5.92 Å². The molecule has 0 saturated carbocycles. The van der Waals surface area contributed by atoms with E-state index in [0.717, 1.165) is 42.9 Å². The summed E-state index contributed by atoms with van der Waals surface area (Å²) in [6, 6.07) is 6.10. The first-order chi connectivity index (χ1) is 16.7. The van der Waals surface area contributed by atoms with E-state index in [9.17, 15) is 4.79 Å². The van der Waals surface area contributed by atoms with E-state index in [2.05, 4.69) is 93.2 Å². The van der Waals surface area contributed by atoms with Crippen molar-refractivity contribution in [2.45, 2.75) is 79.7 Å². The van der Waals surface area contributed by atoms with E-state index in [1.807, 2.05) is 32.1 Å². The van der Waals surface area contributed by atoms with Crippen LogP contribution in [0.4, 0.5) is 11.4 Å². The van der Waals surface area contributed by atoms with Gasteiger partial charge in [0.15, 0.2) is 0 Å². The van der Waals surface area contributed by atoms with Crippen molar-refractivity contribution in [1.29, 1.82) is 0 Å². The van der Waals surface area contributed by atoms with Crippen molar-refractivity contribution in [2.24, 2.45) is 5.92 Å². The number of aryl methyl sites for hydroxylation is 1. The Hall–Kier alpha value is -3.01. The molecule has 0 radical (unpaired) electrons. The Balaban J connectivity index is 0.00000210. The van der Waals surface area contributed by atoms with Crippen molar-refractivity contribution in [3.63, 3.8) is 0 Å². The summed E-state index contributed by atoms with van der Waals surface area (Å²) in [6.07, 6.45) is 16.8. The lowest BCUT2D eigenvalue weighted by molar-refractivity contribution is -0.116. The number of fused-ring (bicyclic) bond motifs is 1. The molecule has 1 aromatic rings. The van der Waals surface area contributed by atoms with Gasteiger partial charge in [0.25, 0.3) is 0 Å². The average Bonchev–Trinajstić information content (AvgIpc) is 2.93. The zero-order valence-corrected chi connectivity index (χ0v) is 22.9. The molecule has 2 heterocycles. The maximum Gasteiger partial charge on any atom is 0.224 e. The molecule has 3 rings (SSSR count). The Morgan fingerprint density at radius 1 is 1.23 bits per heavy atom. The smallest absolute Gasteiger partial charge is 0.224 e. The number of hydrogen-bond acceptors (Lipinski definition) is 3. The predicted molar refractivity (Wildman–Crippen MR) is 152 cm³/mol. The lowest BCUT2D eigenvalue weighted by Crippen LogP contribution is -2.40. The third-order valence-corrected chi connectivity index (χ3v) is 6.35.